The summed E-state index contributed by atoms with van der Waals surface area (Å²) in [6.07, 6.45) is 3.47. The molecule has 1 atom stereocenters. The van der Waals surface area contributed by atoms with Crippen LogP contribution in [0.25, 0.3) is 0 Å². The number of hydrogen-bond donors (Lipinski definition) is 2. The van der Waals surface area contributed by atoms with Crippen molar-refractivity contribution in [3.8, 4) is 0 Å². The van der Waals surface area contributed by atoms with Gasteiger partial charge >= 0.3 is 0 Å². The lowest BCUT2D eigenvalue weighted by molar-refractivity contribution is 0.317. The zero-order valence-electron chi connectivity index (χ0n) is 10.2. The highest BCUT2D eigenvalue weighted by Gasteiger charge is 2.20. The second-order valence-corrected chi connectivity index (χ2v) is 5.33. The first-order valence-electron chi connectivity index (χ1n) is 5.37. The fourth-order valence-electron chi connectivity index (χ4n) is 1.02. The van der Waals surface area contributed by atoms with Crippen molar-refractivity contribution in [1.82, 2.24) is 10.3 Å². The number of aromatic nitrogens is 1. The Hall–Kier alpha value is -1.16. The Morgan fingerprint density at radius 1 is 1.31 bits per heavy atom. The van der Waals surface area contributed by atoms with Gasteiger partial charge in [0.2, 0.25) is 0 Å². The molecule has 0 amide bonds. The van der Waals surface area contributed by atoms with Gasteiger partial charge in [0.25, 0.3) is 0 Å². The van der Waals surface area contributed by atoms with E-state index in [9.17, 15) is 0 Å². The van der Waals surface area contributed by atoms with Gasteiger partial charge in [-0.3, -0.25) is 4.98 Å². The summed E-state index contributed by atoms with van der Waals surface area (Å²) in [6, 6.07) is 4.08. The molecule has 3 nitrogen and oxygen atoms in total. The van der Waals surface area contributed by atoms with Gasteiger partial charge in [-0.15, -0.1) is 0 Å². The monoisotopic (exact) mass is 237 g/mol. The van der Waals surface area contributed by atoms with Crippen LogP contribution < -0.4 is 10.6 Å². The molecular formula is C12H19N3S. The van der Waals surface area contributed by atoms with E-state index in [1.165, 1.54) is 0 Å². The first kappa shape index (κ1) is 12.9. The molecule has 1 aromatic rings. The number of rotatable bonds is 2. The Morgan fingerprint density at radius 3 is 2.38 bits per heavy atom. The molecule has 88 valence electrons. The molecule has 16 heavy (non-hydrogen) atoms. The van der Waals surface area contributed by atoms with E-state index < -0.39 is 0 Å². The number of nitrogens with one attached hydrogen (secondary N) is 2. The van der Waals surface area contributed by atoms with Gasteiger partial charge in [-0.25, -0.2) is 0 Å². The van der Waals surface area contributed by atoms with Crippen LogP contribution in [0.3, 0.4) is 0 Å². The molecule has 0 bridgehead atoms. The van der Waals surface area contributed by atoms with E-state index in [0.29, 0.717) is 11.2 Å². The van der Waals surface area contributed by atoms with E-state index >= 15 is 0 Å². The lowest BCUT2D eigenvalue weighted by Gasteiger charge is -2.29. The maximum absolute atomic E-state index is 5.24. The standard InChI is InChI=1S/C12H19N3S/c1-9(12(2,3)4)14-11(16)15-10-5-7-13-8-6-10/h5-9H,1-4H3,(H2,13,14,15,16)/t9-/m1/s1. The van der Waals surface area contributed by atoms with Crippen molar-refractivity contribution in [3.05, 3.63) is 24.5 Å². The van der Waals surface area contributed by atoms with E-state index in [1.54, 1.807) is 12.4 Å². The molecule has 0 aliphatic heterocycles. The van der Waals surface area contributed by atoms with Crippen molar-refractivity contribution in [3.63, 3.8) is 0 Å². The van der Waals surface area contributed by atoms with Crippen molar-refractivity contribution in [2.75, 3.05) is 5.32 Å². The van der Waals surface area contributed by atoms with E-state index in [1.807, 2.05) is 12.1 Å². The number of pyridine rings is 1. The lowest BCUT2D eigenvalue weighted by atomic mass is 9.88. The molecule has 0 radical (unpaired) electrons. The predicted octanol–water partition coefficient (Wildman–Crippen LogP) is 2.80. The van der Waals surface area contributed by atoms with Crippen LogP contribution in [0, 0.1) is 5.41 Å². The summed E-state index contributed by atoms with van der Waals surface area (Å²) in [5, 5.41) is 7.04. The summed E-state index contributed by atoms with van der Waals surface area (Å²) in [6.45, 7) is 8.67. The second kappa shape index (κ2) is 5.25. The average Bonchev–Trinajstić information content (AvgIpc) is 2.17. The van der Waals surface area contributed by atoms with E-state index in [0.717, 1.165) is 5.69 Å². The first-order chi connectivity index (χ1) is 7.39. The Kier molecular flexibility index (Phi) is 4.24. The lowest BCUT2D eigenvalue weighted by Crippen LogP contribution is -2.43. The topological polar surface area (TPSA) is 37.0 Å². The van der Waals surface area contributed by atoms with E-state index in [2.05, 4.69) is 43.3 Å². The molecule has 0 saturated heterocycles. The highest BCUT2D eigenvalue weighted by atomic mass is 32.1. The Bertz CT molecular complexity index is 343. The van der Waals surface area contributed by atoms with Crippen LogP contribution in [-0.2, 0) is 0 Å². The zero-order chi connectivity index (χ0) is 12.2. The third kappa shape index (κ3) is 4.14. The molecule has 1 heterocycles. The SMILES string of the molecule is C[C@@H](NC(=S)Nc1ccncc1)C(C)(C)C. The van der Waals surface area contributed by atoms with Crippen molar-refractivity contribution in [1.29, 1.82) is 0 Å². The quantitative estimate of drug-likeness (QED) is 0.776. The summed E-state index contributed by atoms with van der Waals surface area (Å²) >= 11 is 5.24. The minimum absolute atomic E-state index is 0.185. The number of thiocarbonyl (C=S) groups is 1. The smallest absolute Gasteiger partial charge is 0.171 e. The van der Waals surface area contributed by atoms with Gasteiger partial charge in [0.05, 0.1) is 0 Å². The molecule has 0 spiro atoms. The van der Waals surface area contributed by atoms with Crippen LogP contribution in [0.15, 0.2) is 24.5 Å². The molecule has 4 heteroatoms. The predicted molar refractivity (Wildman–Crippen MR) is 72.5 cm³/mol. The zero-order valence-corrected chi connectivity index (χ0v) is 11.1. The Labute approximate surface area is 103 Å². The molecule has 0 aromatic carbocycles. The molecule has 1 rings (SSSR count). The van der Waals surface area contributed by atoms with Crippen molar-refractivity contribution >= 4 is 23.0 Å². The fraction of sp³-hybridized carbons (Fsp3) is 0.500. The summed E-state index contributed by atoms with van der Waals surface area (Å²) < 4.78 is 0. The van der Waals surface area contributed by atoms with E-state index in [-0.39, 0.29) is 5.41 Å². The summed E-state index contributed by atoms with van der Waals surface area (Å²) in [4.78, 5) is 3.95. The minimum atomic E-state index is 0.185. The summed E-state index contributed by atoms with van der Waals surface area (Å²) in [5.41, 5.74) is 1.14. The van der Waals surface area contributed by atoms with Gasteiger partial charge in [0.15, 0.2) is 5.11 Å². The number of hydrogen-bond acceptors (Lipinski definition) is 2. The van der Waals surface area contributed by atoms with Gasteiger partial charge in [-0.2, -0.15) is 0 Å². The van der Waals surface area contributed by atoms with Gasteiger partial charge in [-0.1, -0.05) is 20.8 Å². The third-order valence-electron chi connectivity index (χ3n) is 2.58. The van der Waals surface area contributed by atoms with Crippen LogP contribution in [0.1, 0.15) is 27.7 Å². The van der Waals surface area contributed by atoms with Gasteiger partial charge in [-0.05, 0) is 36.7 Å². The normalized spacial score (nSPS) is 13.0. The summed E-state index contributed by atoms with van der Waals surface area (Å²) in [7, 11) is 0. The molecule has 0 aliphatic rings. The van der Waals surface area contributed by atoms with Crippen molar-refractivity contribution in [2.24, 2.45) is 5.41 Å². The number of anilines is 1. The molecule has 0 saturated carbocycles. The molecular weight excluding hydrogens is 218 g/mol. The third-order valence-corrected chi connectivity index (χ3v) is 2.80. The van der Waals surface area contributed by atoms with Crippen LogP contribution >= 0.6 is 12.2 Å². The minimum Gasteiger partial charge on any atom is -0.359 e. The number of nitrogens with zero attached hydrogens (tertiary/aromatic N) is 1. The van der Waals surface area contributed by atoms with Gasteiger partial charge < -0.3 is 10.6 Å². The molecule has 0 aliphatic carbocycles. The second-order valence-electron chi connectivity index (χ2n) is 4.92. The van der Waals surface area contributed by atoms with E-state index in [4.69, 9.17) is 12.2 Å². The van der Waals surface area contributed by atoms with Crippen LogP contribution in [-0.4, -0.2) is 16.1 Å². The van der Waals surface area contributed by atoms with Crippen LogP contribution in [0.5, 0.6) is 0 Å². The summed E-state index contributed by atoms with van der Waals surface area (Å²) in [5.74, 6) is 0. The maximum Gasteiger partial charge on any atom is 0.171 e. The van der Waals surface area contributed by atoms with Crippen LogP contribution in [0.4, 0.5) is 5.69 Å². The first-order valence-corrected chi connectivity index (χ1v) is 5.78. The molecule has 0 fully saturated rings. The highest BCUT2D eigenvalue weighted by Crippen LogP contribution is 2.18. The average molecular weight is 237 g/mol. The van der Waals surface area contributed by atoms with Crippen LogP contribution in [0.2, 0.25) is 0 Å². The van der Waals surface area contributed by atoms with Gasteiger partial charge in [0, 0.05) is 24.1 Å². The largest absolute Gasteiger partial charge is 0.359 e. The fourth-order valence-corrected chi connectivity index (χ4v) is 1.31. The molecule has 0 unspecified atom stereocenters. The maximum atomic E-state index is 5.24. The van der Waals surface area contributed by atoms with Crippen molar-refractivity contribution in [2.45, 2.75) is 33.7 Å². The Morgan fingerprint density at radius 2 is 1.88 bits per heavy atom. The van der Waals surface area contributed by atoms with Gasteiger partial charge in [0.1, 0.15) is 0 Å². The van der Waals surface area contributed by atoms with Crippen molar-refractivity contribution < 1.29 is 0 Å². The molecule has 2 N–H and O–H groups in total. The Balaban J connectivity index is 2.49. The molecule has 1 aromatic heterocycles. The highest BCUT2D eigenvalue weighted by molar-refractivity contribution is 7.80.